The van der Waals surface area contributed by atoms with Crippen LogP contribution >= 0.6 is 0 Å². The van der Waals surface area contributed by atoms with Gasteiger partial charge in [-0.3, -0.25) is 15.0 Å². The summed E-state index contributed by atoms with van der Waals surface area (Å²) in [5.41, 5.74) is 7.72. The Morgan fingerprint density at radius 3 is 2.22 bits per heavy atom. The van der Waals surface area contributed by atoms with Crippen LogP contribution < -0.4 is 5.73 Å². The van der Waals surface area contributed by atoms with Crippen LogP contribution in [0.3, 0.4) is 0 Å². The van der Waals surface area contributed by atoms with E-state index >= 15 is 0 Å². The maximum absolute atomic E-state index is 12.5. The molecule has 0 aliphatic carbocycles. The highest BCUT2D eigenvalue weighted by Gasteiger charge is 2.26. The molecule has 140 valence electrons. The molecule has 0 bridgehead atoms. The number of carboxylic acid groups (broad SMARTS) is 1. The first-order valence-corrected chi connectivity index (χ1v) is 8.72. The molecule has 2 aromatic rings. The van der Waals surface area contributed by atoms with Gasteiger partial charge in [0.1, 0.15) is 5.84 Å². The van der Waals surface area contributed by atoms with E-state index in [1.165, 1.54) is 0 Å². The van der Waals surface area contributed by atoms with Crippen molar-refractivity contribution in [3.05, 3.63) is 48.0 Å². The van der Waals surface area contributed by atoms with Crippen molar-refractivity contribution in [3.8, 4) is 11.1 Å². The average Bonchev–Trinajstić information content (AvgIpc) is 2.68. The van der Waals surface area contributed by atoms with Gasteiger partial charge in [0, 0.05) is 43.0 Å². The van der Waals surface area contributed by atoms with Gasteiger partial charge >= 0.3 is 5.97 Å². The number of carbonyl (C=O) groups is 2. The highest BCUT2D eigenvalue weighted by Crippen LogP contribution is 2.22. The number of amidine groups is 1. The number of carboxylic acids is 1. The smallest absolute Gasteiger partial charge is 0.303 e. The third-order valence-corrected chi connectivity index (χ3v) is 4.74. The van der Waals surface area contributed by atoms with Crippen LogP contribution in [-0.2, 0) is 4.79 Å². The van der Waals surface area contributed by atoms with E-state index in [-0.39, 0.29) is 29.9 Å². The summed E-state index contributed by atoms with van der Waals surface area (Å²) in [6.45, 7) is 1.04. The molecule has 1 aromatic heterocycles. The Balaban J connectivity index is 1.64. The molecule has 4 N–H and O–H groups in total. The minimum Gasteiger partial charge on any atom is -0.481 e. The summed E-state index contributed by atoms with van der Waals surface area (Å²) in [7, 11) is 0. The fraction of sp³-hybridized carbons (Fsp3) is 0.316. The SMILES string of the molecule is N=C(N)c1ccc(-c2cnc(C(=O)N3CCC(CC(=O)O)CC3)nc2)cc1. The molecule has 1 amide bonds. The van der Waals surface area contributed by atoms with E-state index in [2.05, 4.69) is 9.97 Å². The van der Waals surface area contributed by atoms with E-state index in [0.717, 1.165) is 11.1 Å². The summed E-state index contributed by atoms with van der Waals surface area (Å²) < 4.78 is 0. The molecule has 1 aliphatic heterocycles. The number of hydrogen-bond donors (Lipinski definition) is 3. The van der Waals surface area contributed by atoms with Crippen molar-refractivity contribution in [2.75, 3.05) is 13.1 Å². The molecule has 0 radical (unpaired) electrons. The second-order valence-corrected chi connectivity index (χ2v) is 6.62. The van der Waals surface area contributed by atoms with Crippen LogP contribution in [-0.4, -0.2) is 50.8 Å². The van der Waals surface area contributed by atoms with Gasteiger partial charge in [-0.25, -0.2) is 9.97 Å². The third kappa shape index (κ3) is 4.46. The Hall–Kier alpha value is -3.29. The maximum Gasteiger partial charge on any atom is 0.303 e. The summed E-state index contributed by atoms with van der Waals surface area (Å²) in [5.74, 6) is -0.772. The van der Waals surface area contributed by atoms with E-state index in [4.69, 9.17) is 16.2 Å². The highest BCUT2D eigenvalue weighted by atomic mass is 16.4. The first-order valence-electron chi connectivity index (χ1n) is 8.72. The summed E-state index contributed by atoms with van der Waals surface area (Å²) in [6.07, 6.45) is 4.70. The zero-order chi connectivity index (χ0) is 19.4. The third-order valence-electron chi connectivity index (χ3n) is 4.74. The van der Waals surface area contributed by atoms with Gasteiger partial charge in [0.2, 0.25) is 5.82 Å². The summed E-state index contributed by atoms with van der Waals surface area (Å²) in [4.78, 5) is 33.4. The van der Waals surface area contributed by atoms with Crippen molar-refractivity contribution in [1.82, 2.24) is 14.9 Å². The van der Waals surface area contributed by atoms with Crippen LogP contribution in [0.25, 0.3) is 11.1 Å². The van der Waals surface area contributed by atoms with Crippen LogP contribution in [0.5, 0.6) is 0 Å². The number of nitrogens with two attached hydrogens (primary N) is 1. The van der Waals surface area contributed by atoms with Gasteiger partial charge in [-0.1, -0.05) is 24.3 Å². The van der Waals surface area contributed by atoms with Crippen molar-refractivity contribution in [1.29, 1.82) is 5.41 Å². The molecule has 1 aliphatic rings. The van der Waals surface area contributed by atoms with E-state index in [1.54, 1.807) is 29.4 Å². The Morgan fingerprint density at radius 2 is 1.70 bits per heavy atom. The summed E-state index contributed by atoms with van der Waals surface area (Å²) in [5, 5.41) is 16.3. The number of benzene rings is 1. The number of nitrogens with one attached hydrogen (secondary N) is 1. The normalized spacial score (nSPS) is 14.7. The number of aromatic nitrogens is 2. The van der Waals surface area contributed by atoms with Gasteiger partial charge in [0.05, 0.1) is 0 Å². The van der Waals surface area contributed by atoms with Crippen LogP contribution in [0.15, 0.2) is 36.7 Å². The van der Waals surface area contributed by atoms with Crippen molar-refractivity contribution >= 4 is 17.7 Å². The standard InChI is InChI=1S/C19H21N5O3/c20-17(21)14-3-1-13(2-4-14)15-10-22-18(23-11-15)19(27)24-7-5-12(6-8-24)9-16(25)26/h1-4,10-12H,5-9H2,(H3,20,21)(H,25,26). The van der Waals surface area contributed by atoms with E-state index in [9.17, 15) is 9.59 Å². The quantitative estimate of drug-likeness (QED) is 0.545. The number of nitrogens with zero attached hydrogens (tertiary/aromatic N) is 3. The number of nitrogen functional groups attached to an aromatic ring is 1. The lowest BCUT2D eigenvalue weighted by Gasteiger charge is -2.30. The fourth-order valence-corrected chi connectivity index (χ4v) is 3.16. The van der Waals surface area contributed by atoms with Crippen LogP contribution in [0.2, 0.25) is 0 Å². The van der Waals surface area contributed by atoms with Gasteiger partial charge in [-0.2, -0.15) is 0 Å². The Bertz CT molecular complexity index is 841. The molecule has 0 atom stereocenters. The maximum atomic E-state index is 12.5. The van der Waals surface area contributed by atoms with Gasteiger partial charge in [0.15, 0.2) is 0 Å². The van der Waals surface area contributed by atoms with Crippen LogP contribution in [0, 0.1) is 11.3 Å². The van der Waals surface area contributed by atoms with Gasteiger partial charge in [-0.05, 0) is 24.3 Å². The Morgan fingerprint density at radius 1 is 1.11 bits per heavy atom. The summed E-state index contributed by atoms with van der Waals surface area (Å²) >= 11 is 0. The Kier molecular flexibility index (Phi) is 5.44. The zero-order valence-corrected chi connectivity index (χ0v) is 14.8. The second-order valence-electron chi connectivity index (χ2n) is 6.62. The molecular weight excluding hydrogens is 346 g/mol. The molecule has 0 saturated carbocycles. The van der Waals surface area contributed by atoms with Gasteiger partial charge in [0.25, 0.3) is 5.91 Å². The lowest BCUT2D eigenvalue weighted by molar-refractivity contribution is -0.138. The number of likely N-dealkylation sites (tertiary alicyclic amines) is 1. The zero-order valence-electron chi connectivity index (χ0n) is 14.8. The number of piperidine rings is 1. The molecule has 1 aromatic carbocycles. The minimum absolute atomic E-state index is 0.00544. The first-order chi connectivity index (χ1) is 12.9. The van der Waals surface area contributed by atoms with Crippen LogP contribution in [0.1, 0.15) is 35.4 Å². The molecular formula is C19H21N5O3. The molecule has 3 rings (SSSR count). The molecule has 2 heterocycles. The second kappa shape index (κ2) is 7.94. The van der Waals surface area contributed by atoms with Crippen LogP contribution in [0.4, 0.5) is 0 Å². The largest absolute Gasteiger partial charge is 0.481 e. The molecule has 27 heavy (non-hydrogen) atoms. The number of carbonyl (C=O) groups excluding carboxylic acids is 1. The molecule has 8 heteroatoms. The minimum atomic E-state index is -0.796. The summed E-state index contributed by atoms with van der Waals surface area (Å²) in [6, 6.07) is 7.14. The van der Waals surface area contributed by atoms with E-state index < -0.39 is 5.97 Å². The van der Waals surface area contributed by atoms with Gasteiger partial charge < -0.3 is 15.7 Å². The topological polar surface area (TPSA) is 133 Å². The van der Waals surface area contributed by atoms with E-state index in [1.807, 2.05) is 12.1 Å². The van der Waals surface area contributed by atoms with Crippen molar-refractivity contribution in [2.45, 2.75) is 19.3 Å². The molecule has 1 fully saturated rings. The highest BCUT2D eigenvalue weighted by molar-refractivity contribution is 5.95. The predicted octanol–water partition coefficient (Wildman–Crippen LogP) is 1.75. The van der Waals surface area contributed by atoms with Crippen molar-refractivity contribution < 1.29 is 14.7 Å². The van der Waals surface area contributed by atoms with Gasteiger partial charge in [-0.15, -0.1) is 0 Å². The van der Waals surface area contributed by atoms with Crippen molar-refractivity contribution in [3.63, 3.8) is 0 Å². The predicted molar refractivity (Wildman–Crippen MR) is 99.4 cm³/mol. The average molecular weight is 367 g/mol. The number of rotatable bonds is 5. The monoisotopic (exact) mass is 367 g/mol. The molecule has 0 unspecified atom stereocenters. The number of aliphatic carboxylic acids is 1. The fourth-order valence-electron chi connectivity index (χ4n) is 3.16. The lowest BCUT2D eigenvalue weighted by atomic mass is 9.93. The molecule has 0 spiro atoms. The van der Waals surface area contributed by atoms with E-state index in [0.29, 0.717) is 31.5 Å². The first kappa shape index (κ1) is 18.5. The molecule has 1 saturated heterocycles. The number of amides is 1. The Labute approximate surface area is 156 Å². The number of hydrogen-bond acceptors (Lipinski definition) is 5. The lowest BCUT2D eigenvalue weighted by Crippen LogP contribution is -2.39. The molecule has 8 nitrogen and oxygen atoms in total. The van der Waals surface area contributed by atoms with Crippen molar-refractivity contribution in [2.24, 2.45) is 11.7 Å².